The Balaban J connectivity index is 1.55. The summed E-state index contributed by atoms with van der Waals surface area (Å²) in [5, 5.41) is 24.6. The number of carbonyl (C=O) groups excluding carboxylic acids is 2. The molecule has 0 unspecified atom stereocenters. The minimum Gasteiger partial charge on any atom is -0.482 e. The van der Waals surface area contributed by atoms with Crippen molar-refractivity contribution in [2.75, 3.05) is 11.9 Å². The van der Waals surface area contributed by atoms with Gasteiger partial charge in [-0.2, -0.15) is 10.4 Å². The third-order valence-electron chi connectivity index (χ3n) is 4.34. The predicted molar refractivity (Wildman–Crippen MR) is 110 cm³/mol. The number of hydrogen-bond donors (Lipinski definition) is 3. The number of amides is 2. The Morgan fingerprint density at radius 3 is 2.63 bits per heavy atom. The number of carbonyl (C=O) groups is 3. The highest BCUT2D eigenvalue weighted by molar-refractivity contribution is 7.16. The number of fused-ring (bicyclic) bond motifs is 1. The Kier molecular flexibility index (Phi) is 6.77. The van der Waals surface area contributed by atoms with Gasteiger partial charge in [0.2, 0.25) is 0 Å². The normalized spacial score (nSPS) is 12.6. The minimum atomic E-state index is -1.08. The lowest BCUT2D eigenvalue weighted by Crippen LogP contribution is -2.32. The quantitative estimate of drug-likeness (QED) is 0.367. The van der Waals surface area contributed by atoms with Gasteiger partial charge in [0.05, 0.1) is 11.8 Å². The van der Waals surface area contributed by atoms with Crippen LogP contribution < -0.4 is 15.5 Å². The predicted octanol–water partition coefficient (Wildman–Crippen LogP) is 2.05. The van der Waals surface area contributed by atoms with Crippen LogP contribution in [0, 0.1) is 11.3 Å². The van der Waals surface area contributed by atoms with Crippen LogP contribution in [0.15, 0.2) is 29.4 Å². The summed E-state index contributed by atoms with van der Waals surface area (Å²) in [4.78, 5) is 35.7. The Morgan fingerprint density at radius 1 is 1.20 bits per heavy atom. The molecule has 2 amide bonds. The standard InChI is InChI=1S/C20H18N4O5S/c21-9-15-14-3-1-2-4-16(14)30-20(15)23-18(27)19(28)24-22-10-12-5-7-13(8-6-12)29-11-17(25)26/h5-8,10H,1-4,11H2,(H,23,27)(H,24,28)(H,25,26)/b22-10+. The Bertz CT molecular complexity index is 1040. The fourth-order valence-electron chi connectivity index (χ4n) is 2.94. The number of ether oxygens (including phenoxy) is 1. The molecule has 2 aromatic rings. The molecule has 1 aliphatic rings. The fraction of sp³-hybridized carbons (Fsp3) is 0.250. The summed E-state index contributed by atoms with van der Waals surface area (Å²) in [5.41, 5.74) is 4.15. The van der Waals surface area contributed by atoms with E-state index in [1.165, 1.54) is 17.6 Å². The van der Waals surface area contributed by atoms with Crippen LogP contribution in [0.1, 0.15) is 34.4 Å². The number of thiophene rings is 1. The van der Waals surface area contributed by atoms with Crippen molar-refractivity contribution in [3.8, 4) is 11.8 Å². The second-order valence-electron chi connectivity index (χ2n) is 6.43. The van der Waals surface area contributed by atoms with Gasteiger partial charge in [0.15, 0.2) is 6.61 Å². The molecular formula is C20H18N4O5S. The highest BCUT2D eigenvalue weighted by Gasteiger charge is 2.23. The number of nitriles is 1. The highest BCUT2D eigenvalue weighted by Crippen LogP contribution is 2.37. The molecule has 1 aromatic heterocycles. The lowest BCUT2D eigenvalue weighted by Gasteiger charge is -2.09. The van der Waals surface area contributed by atoms with Crippen LogP contribution in [0.5, 0.6) is 5.75 Å². The van der Waals surface area contributed by atoms with Crippen molar-refractivity contribution in [1.82, 2.24) is 5.43 Å². The Hall–Kier alpha value is -3.71. The number of aliphatic carboxylic acids is 1. The molecule has 9 nitrogen and oxygen atoms in total. The number of carboxylic acid groups (broad SMARTS) is 1. The molecule has 0 saturated heterocycles. The van der Waals surface area contributed by atoms with Gasteiger partial charge in [-0.15, -0.1) is 11.3 Å². The number of rotatable bonds is 6. The maximum Gasteiger partial charge on any atom is 0.341 e. The molecule has 154 valence electrons. The fourth-order valence-corrected chi connectivity index (χ4v) is 4.18. The number of hydrazone groups is 1. The van der Waals surface area contributed by atoms with Gasteiger partial charge in [0.25, 0.3) is 0 Å². The van der Waals surface area contributed by atoms with E-state index in [1.807, 2.05) is 0 Å². The highest BCUT2D eigenvalue weighted by atomic mass is 32.1. The summed E-state index contributed by atoms with van der Waals surface area (Å²) >= 11 is 1.34. The largest absolute Gasteiger partial charge is 0.482 e. The van der Waals surface area contributed by atoms with Crippen LogP contribution in [0.2, 0.25) is 0 Å². The summed E-state index contributed by atoms with van der Waals surface area (Å²) in [6, 6.07) is 8.46. The van der Waals surface area contributed by atoms with Gasteiger partial charge >= 0.3 is 17.8 Å². The molecule has 3 N–H and O–H groups in total. The van der Waals surface area contributed by atoms with Crippen molar-refractivity contribution in [3.05, 3.63) is 45.8 Å². The first-order valence-corrected chi connectivity index (χ1v) is 9.93. The zero-order valence-corrected chi connectivity index (χ0v) is 16.6. The summed E-state index contributed by atoms with van der Waals surface area (Å²) in [6.45, 7) is -0.445. The number of nitrogens with zero attached hydrogens (tertiary/aromatic N) is 2. The second kappa shape index (κ2) is 9.67. The summed E-state index contributed by atoms with van der Waals surface area (Å²) in [7, 11) is 0. The third-order valence-corrected chi connectivity index (χ3v) is 5.55. The molecule has 0 radical (unpaired) electrons. The number of anilines is 1. The van der Waals surface area contributed by atoms with E-state index in [0.717, 1.165) is 36.1 Å². The number of benzene rings is 1. The number of carboxylic acids is 1. The summed E-state index contributed by atoms with van der Waals surface area (Å²) in [6.07, 6.45) is 5.07. The van der Waals surface area contributed by atoms with Crippen LogP contribution in [0.4, 0.5) is 5.00 Å². The summed E-state index contributed by atoms with van der Waals surface area (Å²) in [5.74, 6) is -2.56. The van der Waals surface area contributed by atoms with Gasteiger partial charge in [-0.05, 0) is 61.1 Å². The molecular weight excluding hydrogens is 408 g/mol. The maximum atomic E-state index is 12.1. The molecule has 3 rings (SSSR count). The molecule has 0 saturated carbocycles. The molecule has 0 atom stereocenters. The van der Waals surface area contributed by atoms with Crippen LogP contribution in [-0.2, 0) is 27.2 Å². The van der Waals surface area contributed by atoms with Gasteiger partial charge < -0.3 is 15.2 Å². The van der Waals surface area contributed by atoms with Gasteiger partial charge in [0.1, 0.15) is 16.8 Å². The van der Waals surface area contributed by atoms with Crippen molar-refractivity contribution >= 4 is 40.3 Å². The Morgan fingerprint density at radius 2 is 1.93 bits per heavy atom. The molecule has 0 fully saturated rings. The van der Waals surface area contributed by atoms with E-state index in [9.17, 15) is 19.6 Å². The molecule has 1 aliphatic carbocycles. The average Bonchev–Trinajstić information content (AvgIpc) is 3.09. The lowest BCUT2D eigenvalue weighted by atomic mass is 9.96. The van der Waals surface area contributed by atoms with Gasteiger partial charge in [-0.25, -0.2) is 10.2 Å². The molecule has 10 heteroatoms. The van der Waals surface area contributed by atoms with E-state index in [0.29, 0.717) is 21.9 Å². The molecule has 0 bridgehead atoms. The number of hydrogen-bond acceptors (Lipinski definition) is 7. The first-order valence-electron chi connectivity index (χ1n) is 9.11. The van der Waals surface area contributed by atoms with Crippen LogP contribution >= 0.6 is 11.3 Å². The van der Waals surface area contributed by atoms with Crippen molar-refractivity contribution in [2.24, 2.45) is 5.10 Å². The third kappa shape index (κ3) is 5.21. The molecule has 0 aliphatic heterocycles. The molecule has 1 heterocycles. The van der Waals surface area contributed by atoms with E-state index in [-0.39, 0.29) is 0 Å². The molecule has 30 heavy (non-hydrogen) atoms. The van der Waals surface area contributed by atoms with E-state index in [2.05, 4.69) is 21.9 Å². The van der Waals surface area contributed by atoms with E-state index >= 15 is 0 Å². The second-order valence-corrected chi connectivity index (χ2v) is 7.54. The average molecular weight is 426 g/mol. The van der Waals surface area contributed by atoms with Crippen LogP contribution in [0.25, 0.3) is 0 Å². The zero-order valence-electron chi connectivity index (χ0n) is 15.8. The van der Waals surface area contributed by atoms with Crippen LogP contribution in [-0.4, -0.2) is 35.7 Å². The molecule has 1 aromatic carbocycles. The van der Waals surface area contributed by atoms with Crippen molar-refractivity contribution < 1.29 is 24.2 Å². The number of aryl methyl sites for hydroxylation is 1. The van der Waals surface area contributed by atoms with Crippen molar-refractivity contribution in [2.45, 2.75) is 25.7 Å². The first-order chi connectivity index (χ1) is 14.5. The minimum absolute atomic E-state index is 0.380. The van der Waals surface area contributed by atoms with Crippen molar-refractivity contribution in [3.63, 3.8) is 0 Å². The smallest absolute Gasteiger partial charge is 0.341 e. The first kappa shape index (κ1) is 21.0. The Labute approximate surface area is 176 Å². The SMILES string of the molecule is N#Cc1c(NC(=O)C(=O)N/N=C/c2ccc(OCC(=O)O)cc2)sc2c1CCCC2. The monoisotopic (exact) mass is 426 g/mol. The lowest BCUT2D eigenvalue weighted by molar-refractivity contribution is -0.139. The molecule has 0 spiro atoms. The van der Waals surface area contributed by atoms with E-state index in [4.69, 9.17) is 9.84 Å². The summed E-state index contributed by atoms with van der Waals surface area (Å²) < 4.78 is 5.01. The zero-order chi connectivity index (χ0) is 21.5. The number of nitrogens with one attached hydrogen (secondary N) is 2. The topological polar surface area (TPSA) is 141 Å². The van der Waals surface area contributed by atoms with Gasteiger partial charge in [0, 0.05) is 4.88 Å². The van der Waals surface area contributed by atoms with E-state index < -0.39 is 24.4 Å². The van der Waals surface area contributed by atoms with Crippen molar-refractivity contribution in [1.29, 1.82) is 5.26 Å². The van der Waals surface area contributed by atoms with Gasteiger partial charge in [-0.3, -0.25) is 9.59 Å². The van der Waals surface area contributed by atoms with Gasteiger partial charge in [-0.1, -0.05) is 0 Å². The van der Waals surface area contributed by atoms with Crippen LogP contribution in [0.3, 0.4) is 0 Å². The maximum absolute atomic E-state index is 12.1. The van der Waals surface area contributed by atoms with E-state index in [1.54, 1.807) is 24.3 Å².